The van der Waals surface area contributed by atoms with E-state index in [0.29, 0.717) is 37.4 Å². The summed E-state index contributed by atoms with van der Waals surface area (Å²) < 4.78 is 1.69. The van der Waals surface area contributed by atoms with Gasteiger partial charge in [0.1, 0.15) is 0 Å². The number of aromatic nitrogens is 4. The highest BCUT2D eigenvalue weighted by Crippen LogP contribution is 2.22. The number of benzene rings is 1. The summed E-state index contributed by atoms with van der Waals surface area (Å²) in [6, 6.07) is 10.1. The quantitative estimate of drug-likeness (QED) is 0.635. The Morgan fingerprint density at radius 3 is 2.78 bits per heavy atom. The van der Waals surface area contributed by atoms with Crippen molar-refractivity contribution in [2.24, 2.45) is 0 Å². The average Bonchev–Trinajstić information content (AvgIpc) is 3.48. The van der Waals surface area contributed by atoms with Crippen molar-refractivity contribution in [3.63, 3.8) is 0 Å². The van der Waals surface area contributed by atoms with Crippen molar-refractivity contribution >= 4 is 11.8 Å². The van der Waals surface area contributed by atoms with Crippen molar-refractivity contribution in [1.29, 1.82) is 0 Å². The molecule has 2 amide bonds. The van der Waals surface area contributed by atoms with Crippen LogP contribution in [0.25, 0.3) is 0 Å². The zero-order chi connectivity index (χ0) is 22.1. The molecule has 0 bridgehead atoms. The van der Waals surface area contributed by atoms with Crippen molar-refractivity contribution < 1.29 is 9.59 Å². The van der Waals surface area contributed by atoms with Crippen molar-refractivity contribution in [3.8, 4) is 0 Å². The van der Waals surface area contributed by atoms with Crippen LogP contribution in [0.2, 0.25) is 0 Å². The Kier molecular flexibility index (Phi) is 5.43. The molecule has 1 fully saturated rings. The zero-order valence-electron chi connectivity index (χ0n) is 18.1. The number of hydrogen-bond donors (Lipinski definition) is 0. The Morgan fingerprint density at radius 2 is 1.94 bits per heavy atom. The standard InChI is InChI=1S/C24H26N6O2/c1-17-11-20(13-25-12-17)23(31)30-9-4-7-21(30)15-29-16-22(26-27-29)24(32)28-10-8-18-5-2-3-6-19(18)14-28/h2-3,5-6,11-13,16,21H,4,7-10,14-15H2,1H3. The summed E-state index contributed by atoms with van der Waals surface area (Å²) in [4.78, 5) is 33.9. The third-order valence-electron chi connectivity index (χ3n) is 6.33. The van der Waals surface area contributed by atoms with Gasteiger partial charge in [-0.15, -0.1) is 5.10 Å². The molecule has 2 aliphatic rings. The molecule has 164 valence electrons. The Hall–Kier alpha value is -3.55. The van der Waals surface area contributed by atoms with Gasteiger partial charge in [0, 0.05) is 32.0 Å². The SMILES string of the molecule is Cc1cncc(C(=O)N2CCCC2Cn2cc(C(=O)N3CCc4ccccc4C3)nn2)c1. The lowest BCUT2D eigenvalue weighted by molar-refractivity contribution is 0.0714. The fraction of sp³-hybridized carbons (Fsp3) is 0.375. The topological polar surface area (TPSA) is 84.2 Å². The van der Waals surface area contributed by atoms with Gasteiger partial charge in [0.05, 0.1) is 24.3 Å². The van der Waals surface area contributed by atoms with E-state index in [4.69, 9.17) is 0 Å². The maximum absolute atomic E-state index is 13.0. The van der Waals surface area contributed by atoms with Gasteiger partial charge in [-0.25, -0.2) is 4.68 Å². The van der Waals surface area contributed by atoms with Crippen LogP contribution in [0.1, 0.15) is 50.4 Å². The minimum atomic E-state index is -0.101. The van der Waals surface area contributed by atoms with Crippen LogP contribution in [0, 0.1) is 6.92 Å². The molecule has 2 aromatic heterocycles. The molecular weight excluding hydrogens is 404 g/mol. The first-order valence-electron chi connectivity index (χ1n) is 11.1. The third kappa shape index (κ3) is 4.00. The first-order chi connectivity index (χ1) is 15.6. The van der Waals surface area contributed by atoms with E-state index in [-0.39, 0.29) is 17.9 Å². The molecule has 2 aliphatic heterocycles. The van der Waals surface area contributed by atoms with E-state index < -0.39 is 0 Å². The Labute approximate surface area is 186 Å². The van der Waals surface area contributed by atoms with Crippen molar-refractivity contribution in [2.45, 2.75) is 45.3 Å². The van der Waals surface area contributed by atoms with Crippen LogP contribution in [0.4, 0.5) is 0 Å². The minimum absolute atomic E-state index is 0.00732. The van der Waals surface area contributed by atoms with Gasteiger partial charge in [0.15, 0.2) is 5.69 Å². The second kappa shape index (κ2) is 8.53. The predicted molar refractivity (Wildman–Crippen MR) is 118 cm³/mol. The molecular formula is C24H26N6O2. The monoisotopic (exact) mass is 430 g/mol. The minimum Gasteiger partial charge on any atom is -0.334 e. The van der Waals surface area contributed by atoms with Crippen molar-refractivity contribution in [2.75, 3.05) is 13.1 Å². The lowest BCUT2D eigenvalue weighted by atomic mass is 10.00. The number of likely N-dealkylation sites (tertiary alicyclic amines) is 1. The third-order valence-corrected chi connectivity index (χ3v) is 6.33. The fourth-order valence-corrected chi connectivity index (χ4v) is 4.66. The lowest BCUT2D eigenvalue weighted by Gasteiger charge is -2.28. The number of carbonyl (C=O) groups is 2. The Balaban J connectivity index is 1.26. The van der Waals surface area contributed by atoms with Gasteiger partial charge in [-0.05, 0) is 48.9 Å². The van der Waals surface area contributed by atoms with Crippen molar-refractivity contribution in [1.82, 2.24) is 29.8 Å². The van der Waals surface area contributed by atoms with E-state index in [9.17, 15) is 9.59 Å². The smallest absolute Gasteiger partial charge is 0.276 e. The van der Waals surface area contributed by atoms with Crippen LogP contribution < -0.4 is 0 Å². The summed E-state index contributed by atoms with van der Waals surface area (Å²) in [6.07, 6.45) is 7.77. The summed E-state index contributed by atoms with van der Waals surface area (Å²) >= 11 is 0. The summed E-state index contributed by atoms with van der Waals surface area (Å²) in [7, 11) is 0. The molecule has 1 aromatic carbocycles. The number of hydrogen-bond acceptors (Lipinski definition) is 5. The fourth-order valence-electron chi connectivity index (χ4n) is 4.66. The van der Waals surface area contributed by atoms with E-state index in [1.807, 2.05) is 34.9 Å². The molecule has 0 spiro atoms. The van der Waals surface area contributed by atoms with Crippen molar-refractivity contribution in [3.05, 3.63) is 76.9 Å². The van der Waals surface area contributed by atoms with Gasteiger partial charge in [-0.1, -0.05) is 29.5 Å². The molecule has 1 unspecified atom stereocenters. The molecule has 3 aromatic rings. The van der Waals surface area contributed by atoms with Gasteiger partial charge < -0.3 is 9.80 Å². The number of amides is 2. The molecule has 4 heterocycles. The van der Waals surface area contributed by atoms with Crippen LogP contribution in [-0.4, -0.2) is 60.7 Å². The number of aryl methyl sites for hydroxylation is 1. The van der Waals surface area contributed by atoms with Gasteiger partial charge >= 0.3 is 0 Å². The van der Waals surface area contributed by atoms with E-state index in [0.717, 1.165) is 24.8 Å². The van der Waals surface area contributed by atoms with Crippen LogP contribution in [0.15, 0.2) is 48.9 Å². The highest BCUT2D eigenvalue weighted by Gasteiger charge is 2.31. The second-order valence-electron chi connectivity index (χ2n) is 8.62. The summed E-state index contributed by atoms with van der Waals surface area (Å²) in [5.41, 5.74) is 4.41. The molecule has 8 heteroatoms. The lowest BCUT2D eigenvalue weighted by Crippen LogP contribution is -2.38. The largest absolute Gasteiger partial charge is 0.334 e. The van der Waals surface area contributed by atoms with Gasteiger partial charge in [0.2, 0.25) is 0 Å². The maximum Gasteiger partial charge on any atom is 0.276 e. The van der Waals surface area contributed by atoms with E-state index in [1.165, 1.54) is 11.1 Å². The van der Waals surface area contributed by atoms with Crippen LogP contribution >= 0.6 is 0 Å². The number of fused-ring (bicyclic) bond motifs is 1. The van der Waals surface area contributed by atoms with Gasteiger partial charge in [-0.2, -0.15) is 0 Å². The number of carbonyl (C=O) groups excluding carboxylic acids is 2. The number of rotatable bonds is 4. The summed E-state index contributed by atoms with van der Waals surface area (Å²) in [5, 5.41) is 8.33. The van der Waals surface area contributed by atoms with Crippen LogP contribution in [-0.2, 0) is 19.5 Å². The van der Waals surface area contributed by atoms with Crippen LogP contribution in [0.3, 0.4) is 0 Å². The second-order valence-corrected chi connectivity index (χ2v) is 8.62. The molecule has 8 nitrogen and oxygen atoms in total. The molecule has 0 saturated carbocycles. The predicted octanol–water partition coefficient (Wildman–Crippen LogP) is 2.48. The maximum atomic E-state index is 13.0. The molecule has 1 saturated heterocycles. The van der Waals surface area contributed by atoms with Gasteiger partial charge in [0.25, 0.3) is 11.8 Å². The van der Waals surface area contributed by atoms with E-state index in [1.54, 1.807) is 23.3 Å². The molecule has 5 rings (SSSR count). The number of pyridine rings is 1. The first kappa shape index (κ1) is 20.4. The molecule has 0 N–H and O–H groups in total. The normalized spacial score (nSPS) is 18.0. The highest BCUT2D eigenvalue weighted by molar-refractivity contribution is 5.94. The Bertz CT molecular complexity index is 1160. The average molecular weight is 431 g/mol. The molecule has 0 radical (unpaired) electrons. The van der Waals surface area contributed by atoms with E-state index >= 15 is 0 Å². The molecule has 1 atom stereocenters. The Morgan fingerprint density at radius 1 is 1.09 bits per heavy atom. The van der Waals surface area contributed by atoms with Crippen LogP contribution in [0.5, 0.6) is 0 Å². The molecule has 32 heavy (non-hydrogen) atoms. The summed E-state index contributed by atoms with van der Waals surface area (Å²) in [6.45, 7) is 4.44. The first-order valence-corrected chi connectivity index (χ1v) is 11.1. The van der Waals surface area contributed by atoms with Gasteiger partial charge in [-0.3, -0.25) is 14.6 Å². The highest BCUT2D eigenvalue weighted by atomic mass is 16.2. The molecule has 0 aliphatic carbocycles. The zero-order valence-corrected chi connectivity index (χ0v) is 18.1. The summed E-state index contributed by atoms with van der Waals surface area (Å²) in [5.74, 6) is -0.108. The number of nitrogens with zero attached hydrogens (tertiary/aromatic N) is 6. The van der Waals surface area contributed by atoms with E-state index in [2.05, 4.69) is 27.4 Å².